The molecule has 2 N–H and O–H groups in total. The summed E-state index contributed by atoms with van der Waals surface area (Å²) in [6, 6.07) is 5.48. The van der Waals surface area contributed by atoms with Gasteiger partial charge >= 0.3 is 6.09 Å². The topological polar surface area (TPSA) is 114 Å². The van der Waals surface area contributed by atoms with Crippen molar-refractivity contribution in [3.05, 3.63) is 36.2 Å². The maximum absolute atomic E-state index is 11.6. The maximum Gasteiger partial charge on any atom is 0.414 e. The molecule has 0 spiro atoms. The zero-order valence-electron chi connectivity index (χ0n) is 16.8. The first-order chi connectivity index (χ1) is 14.0. The summed E-state index contributed by atoms with van der Waals surface area (Å²) < 4.78 is 12.2. The summed E-state index contributed by atoms with van der Waals surface area (Å²) in [7, 11) is 3.20. The number of aromatic nitrogens is 4. The molecule has 0 aliphatic rings. The van der Waals surface area contributed by atoms with Gasteiger partial charge in [0.1, 0.15) is 0 Å². The molecule has 10 nitrogen and oxygen atoms in total. The van der Waals surface area contributed by atoms with Gasteiger partial charge in [-0.3, -0.25) is 4.40 Å². The monoisotopic (exact) mass is 400 g/mol. The van der Waals surface area contributed by atoms with Crippen LogP contribution in [0.15, 0.2) is 30.6 Å². The molecular weight excluding hydrogens is 376 g/mol. The van der Waals surface area contributed by atoms with Crippen LogP contribution < -0.4 is 19.7 Å². The molecule has 0 unspecified atom stereocenters. The molecule has 154 valence electrons. The molecule has 0 aliphatic heterocycles. The van der Waals surface area contributed by atoms with Gasteiger partial charge in [0.25, 0.3) is 0 Å². The quantitative estimate of drug-likeness (QED) is 0.593. The Kier molecular flexibility index (Phi) is 6.01. The van der Waals surface area contributed by atoms with Crippen LogP contribution in [-0.2, 0) is 6.42 Å². The lowest BCUT2D eigenvalue weighted by Gasteiger charge is -2.20. The summed E-state index contributed by atoms with van der Waals surface area (Å²) in [5, 5.41) is 20.9. The lowest BCUT2D eigenvalue weighted by molar-refractivity contribution is 0.199. The van der Waals surface area contributed by atoms with Crippen molar-refractivity contribution in [3.63, 3.8) is 0 Å². The van der Waals surface area contributed by atoms with E-state index in [9.17, 15) is 9.90 Å². The number of benzene rings is 1. The van der Waals surface area contributed by atoms with Crippen molar-refractivity contribution in [2.75, 3.05) is 31.0 Å². The van der Waals surface area contributed by atoms with Gasteiger partial charge in [-0.2, -0.15) is 0 Å². The third kappa shape index (κ3) is 4.15. The smallest absolute Gasteiger partial charge is 0.414 e. The molecule has 1 aromatic carbocycles. The highest BCUT2D eigenvalue weighted by molar-refractivity contribution is 5.85. The van der Waals surface area contributed by atoms with Crippen molar-refractivity contribution in [1.82, 2.24) is 19.6 Å². The minimum atomic E-state index is -1.09. The van der Waals surface area contributed by atoms with E-state index in [4.69, 9.17) is 9.47 Å². The first-order valence-electron chi connectivity index (χ1n) is 9.13. The fourth-order valence-electron chi connectivity index (χ4n) is 3.00. The third-order valence-corrected chi connectivity index (χ3v) is 4.40. The summed E-state index contributed by atoms with van der Waals surface area (Å²) in [5.41, 5.74) is 1.53. The zero-order chi connectivity index (χ0) is 21.0. The second-order valence-electron chi connectivity index (χ2n) is 6.58. The second kappa shape index (κ2) is 8.63. The highest BCUT2D eigenvalue weighted by Gasteiger charge is 2.24. The second-order valence-corrected chi connectivity index (χ2v) is 6.58. The van der Waals surface area contributed by atoms with Crippen LogP contribution >= 0.6 is 0 Å². The van der Waals surface area contributed by atoms with Crippen molar-refractivity contribution < 1.29 is 19.4 Å². The van der Waals surface area contributed by atoms with Crippen LogP contribution in [0.1, 0.15) is 19.4 Å². The van der Waals surface area contributed by atoms with E-state index in [1.54, 1.807) is 44.9 Å². The summed E-state index contributed by atoms with van der Waals surface area (Å²) >= 11 is 0. The average molecular weight is 400 g/mol. The Morgan fingerprint density at radius 3 is 2.66 bits per heavy atom. The van der Waals surface area contributed by atoms with Crippen LogP contribution in [-0.4, -0.2) is 57.6 Å². The largest absolute Gasteiger partial charge is 0.493 e. The summed E-state index contributed by atoms with van der Waals surface area (Å²) in [6.45, 7) is 4.15. The average Bonchev–Trinajstić information content (AvgIpc) is 3.12. The molecule has 0 bridgehead atoms. The van der Waals surface area contributed by atoms with Gasteiger partial charge in [-0.1, -0.05) is 6.07 Å². The Bertz CT molecular complexity index is 1000. The summed E-state index contributed by atoms with van der Waals surface area (Å²) in [4.78, 5) is 17.1. The number of nitrogens with one attached hydrogen (secondary N) is 1. The number of rotatable bonds is 8. The lowest BCUT2D eigenvalue weighted by atomic mass is 10.1. The summed E-state index contributed by atoms with van der Waals surface area (Å²) in [5.74, 6) is 2.11. The van der Waals surface area contributed by atoms with Crippen molar-refractivity contribution >= 4 is 23.5 Å². The minimum Gasteiger partial charge on any atom is -0.493 e. The first-order valence-corrected chi connectivity index (χ1v) is 9.13. The van der Waals surface area contributed by atoms with Crippen LogP contribution in [0.2, 0.25) is 0 Å². The van der Waals surface area contributed by atoms with E-state index < -0.39 is 6.09 Å². The van der Waals surface area contributed by atoms with Gasteiger partial charge in [-0.25, -0.2) is 14.7 Å². The fraction of sp³-hybridized carbons (Fsp3) is 0.368. The normalized spacial score (nSPS) is 10.9. The van der Waals surface area contributed by atoms with Gasteiger partial charge < -0.3 is 19.9 Å². The fourth-order valence-corrected chi connectivity index (χ4v) is 3.00. The van der Waals surface area contributed by atoms with Crippen LogP contribution in [0.25, 0.3) is 5.65 Å². The van der Waals surface area contributed by atoms with Crippen molar-refractivity contribution in [3.8, 4) is 11.5 Å². The van der Waals surface area contributed by atoms with Gasteiger partial charge in [-0.15, -0.1) is 10.2 Å². The molecule has 0 radical (unpaired) electrons. The van der Waals surface area contributed by atoms with Crippen molar-refractivity contribution in [1.29, 1.82) is 0 Å². The number of fused-ring (bicyclic) bond motifs is 1. The van der Waals surface area contributed by atoms with E-state index in [2.05, 4.69) is 20.5 Å². The predicted octanol–water partition coefficient (Wildman–Crippen LogP) is 2.69. The molecule has 0 saturated carbocycles. The molecule has 2 heterocycles. The molecule has 0 fully saturated rings. The Labute approximate surface area is 168 Å². The SMILES string of the molecule is COc1ccc(CCNc2nccn3c(N(C(=O)O)C(C)C)nnc23)cc1OC. The first kappa shape index (κ1) is 20.2. The number of amides is 1. The number of carboxylic acid groups (broad SMARTS) is 1. The number of hydrogen-bond donors (Lipinski definition) is 2. The molecule has 0 saturated heterocycles. The molecular formula is C19H24N6O4. The van der Waals surface area contributed by atoms with E-state index in [0.717, 1.165) is 16.9 Å². The zero-order valence-corrected chi connectivity index (χ0v) is 16.8. The lowest BCUT2D eigenvalue weighted by Crippen LogP contribution is -2.37. The molecule has 2 aromatic heterocycles. The number of carbonyl (C=O) groups is 1. The van der Waals surface area contributed by atoms with Gasteiger partial charge in [0.05, 0.1) is 14.2 Å². The molecule has 1 amide bonds. The highest BCUT2D eigenvalue weighted by atomic mass is 16.5. The van der Waals surface area contributed by atoms with E-state index in [-0.39, 0.29) is 12.0 Å². The van der Waals surface area contributed by atoms with Crippen molar-refractivity contribution in [2.24, 2.45) is 0 Å². The van der Waals surface area contributed by atoms with Gasteiger partial charge in [0.2, 0.25) is 11.6 Å². The van der Waals surface area contributed by atoms with E-state index in [0.29, 0.717) is 29.5 Å². The molecule has 3 rings (SSSR count). The Balaban J connectivity index is 1.77. The van der Waals surface area contributed by atoms with Crippen LogP contribution in [0, 0.1) is 0 Å². The van der Waals surface area contributed by atoms with E-state index >= 15 is 0 Å². The molecule has 0 aliphatic carbocycles. The number of ether oxygens (including phenoxy) is 2. The van der Waals surface area contributed by atoms with Gasteiger partial charge in [0, 0.05) is 25.0 Å². The van der Waals surface area contributed by atoms with E-state index in [1.807, 2.05) is 18.2 Å². The Morgan fingerprint density at radius 1 is 1.24 bits per heavy atom. The summed E-state index contributed by atoms with van der Waals surface area (Å²) in [6.07, 6.45) is 2.85. The third-order valence-electron chi connectivity index (χ3n) is 4.40. The number of anilines is 2. The van der Waals surface area contributed by atoms with Crippen LogP contribution in [0.3, 0.4) is 0 Å². The van der Waals surface area contributed by atoms with Crippen LogP contribution in [0.5, 0.6) is 11.5 Å². The van der Waals surface area contributed by atoms with Crippen molar-refractivity contribution in [2.45, 2.75) is 26.3 Å². The minimum absolute atomic E-state index is 0.229. The predicted molar refractivity (Wildman–Crippen MR) is 108 cm³/mol. The van der Waals surface area contributed by atoms with Gasteiger partial charge in [0.15, 0.2) is 17.3 Å². The number of hydrogen-bond acceptors (Lipinski definition) is 7. The van der Waals surface area contributed by atoms with Crippen LogP contribution in [0.4, 0.5) is 16.6 Å². The van der Waals surface area contributed by atoms with E-state index in [1.165, 1.54) is 0 Å². The molecule has 3 aromatic rings. The molecule has 0 atom stereocenters. The molecule has 29 heavy (non-hydrogen) atoms. The Morgan fingerprint density at radius 2 is 2.00 bits per heavy atom. The number of nitrogens with zero attached hydrogens (tertiary/aromatic N) is 5. The maximum atomic E-state index is 11.6. The standard InChI is InChI=1S/C19H24N6O4/c1-12(2)25(19(26)27)18-23-22-17-16(21-9-10-24(17)18)20-8-7-13-5-6-14(28-3)15(11-13)29-4/h5-6,9-12H,7-8H2,1-4H3,(H,20,21)(H,26,27). The number of methoxy groups -OCH3 is 2. The Hall–Kier alpha value is -3.56. The highest BCUT2D eigenvalue weighted by Crippen LogP contribution is 2.27. The molecule has 10 heteroatoms. The van der Waals surface area contributed by atoms with Gasteiger partial charge in [-0.05, 0) is 38.0 Å².